The Balaban J connectivity index is 1.75. The summed E-state index contributed by atoms with van der Waals surface area (Å²) in [7, 11) is 3.31. The molecule has 0 saturated carbocycles. The van der Waals surface area contributed by atoms with Gasteiger partial charge in [-0.15, -0.1) is 0 Å². The molecule has 0 radical (unpaired) electrons. The number of aryl methyl sites for hydroxylation is 1. The maximum atomic E-state index is 11.8. The first-order chi connectivity index (χ1) is 16.2. The van der Waals surface area contributed by atoms with E-state index in [1.165, 1.54) is 10.9 Å². The lowest BCUT2D eigenvalue weighted by molar-refractivity contribution is -0.673. The Labute approximate surface area is 196 Å². The molecule has 3 rings (SSSR count). The largest absolute Gasteiger partial charge is 0.497 e. The first kappa shape index (κ1) is 24.3. The summed E-state index contributed by atoms with van der Waals surface area (Å²) in [4.78, 5) is 11.8. The second-order valence-electron chi connectivity index (χ2n) is 7.86. The topological polar surface area (TPSA) is 77.5 Å². The minimum atomic E-state index is 0.0790. The molecule has 0 aliphatic carbocycles. The lowest BCUT2D eigenvalue weighted by atomic mass is 10.1. The molecule has 33 heavy (non-hydrogen) atoms. The summed E-state index contributed by atoms with van der Waals surface area (Å²) in [6, 6.07) is 18.5. The average Bonchev–Trinajstić information content (AvgIpc) is 2.86. The first-order valence-electron chi connectivity index (χ1n) is 11.4. The number of benzene rings is 2. The van der Waals surface area contributed by atoms with Crippen LogP contribution in [0.2, 0.25) is 0 Å². The molecule has 3 aromatic rings. The van der Waals surface area contributed by atoms with Gasteiger partial charge in [-0.2, -0.15) is 4.57 Å². The minimum Gasteiger partial charge on any atom is -0.497 e. The number of carbonyl (C=O) groups excluding carboxylic acids is 1. The number of nitrogens with two attached hydrogens (primary N) is 1. The summed E-state index contributed by atoms with van der Waals surface area (Å²) < 4.78 is 13.2. The fraction of sp³-hybridized carbons (Fsp3) is 0.333. The predicted octanol–water partition coefficient (Wildman–Crippen LogP) is 3.95. The zero-order valence-electron chi connectivity index (χ0n) is 19.5. The first-order valence-corrected chi connectivity index (χ1v) is 11.4. The van der Waals surface area contributed by atoms with Gasteiger partial charge in [0.1, 0.15) is 18.0 Å². The minimum absolute atomic E-state index is 0.0790. The quantitative estimate of drug-likeness (QED) is 0.325. The van der Waals surface area contributed by atoms with Crippen LogP contribution in [0.3, 0.4) is 0 Å². The fourth-order valence-corrected chi connectivity index (χ4v) is 3.84. The molecule has 2 aromatic carbocycles. The molecule has 0 bridgehead atoms. The Morgan fingerprint density at radius 3 is 2.64 bits per heavy atom. The highest BCUT2D eigenvalue weighted by atomic mass is 16.5. The van der Waals surface area contributed by atoms with Crippen molar-refractivity contribution in [1.82, 2.24) is 5.32 Å². The zero-order chi connectivity index (χ0) is 23.5. The van der Waals surface area contributed by atoms with Crippen LogP contribution in [0.15, 0.2) is 54.6 Å². The zero-order valence-corrected chi connectivity index (χ0v) is 19.5. The van der Waals surface area contributed by atoms with Gasteiger partial charge in [0.15, 0.2) is 0 Å². The van der Waals surface area contributed by atoms with Gasteiger partial charge in [-0.1, -0.05) is 12.1 Å². The van der Waals surface area contributed by atoms with Gasteiger partial charge in [0, 0.05) is 61.2 Å². The Hall–Kier alpha value is -3.38. The van der Waals surface area contributed by atoms with E-state index in [-0.39, 0.29) is 5.91 Å². The standard InChI is InChI=1S/C27H33N3O3/c1-32-24-16-13-22(26(20-24)33-2)12-15-23-14-11-21-8-5-6-9-25(21)30(23)19-7-3-4-10-27(31)29-18-17-28/h5-6,8-9,11-16,20H,3-4,7,10,17-19,28H2,1-2H3/p+1/b15-12+. The molecule has 0 fully saturated rings. The number of pyridine rings is 1. The van der Waals surface area contributed by atoms with E-state index in [0.717, 1.165) is 48.6 Å². The highest BCUT2D eigenvalue weighted by Gasteiger charge is 2.14. The third-order valence-electron chi connectivity index (χ3n) is 5.60. The second-order valence-corrected chi connectivity index (χ2v) is 7.86. The van der Waals surface area contributed by atoms with Gasteiger partial charge in [0.25, 0.3) is 0 Å². The number of para-hydroxylation sites is 1. The number of hydrogen-bond donors (Lipinski definition) is 2. The molecule has 6 heteroatoms. The van der Waals surface area contributed by atoms with E-state index in [0.29, 0.717) is 19.5 Å². The van der Waals surface area contributed by atoms with Gasteiger partial charge in [-0.3, -0.25) is 4.79 Å². The van der Waals surface area contributed by atoms with Gasteiger partial charge >= 0.3 is 0 Å². The number of hydrogen-bond acceptors (Lipinski definition) is 4. The lowest BCUT2D eigenvalue weighted by Gasteiger charge is -2.08. The predicted molar refractivity (Wildman–Crippen MR) is 133 cm³/mol. The van der Waals surface area contributed by atoms with Crippen molar-refractivity contribution in [3.8, 4) is 11.5 Å². The van der Waals surface area contributed by atoms with Crippen molar-refractivity contribution in [2.75, 3.05) is 27.3 Å². The second kappa shape index (κ2) is 12.6. The Bertz CT molecular complexity index is 1100. The molecule has 0 unspecified atom stereocenters. The number of fused-ring (bicyclic) bond motifs is 1. The molecule has 1 amide bonds. The van der Waals surface area contributed by atoms with Gasteiger partial charge in [-0.05, 0) is 43.2 Å². The van der Waals surface area contributed by atoms with Crippen molar-refractivity contribution in [2.45, 2.75) is 32.2 Å². The SMILES string of the molecule is COc1ccc(/C=C/c2ccc3ccccc3[n+]2CCCCCC(=O)NCCN)c(OC)c1. The van der Waals surface area contributed by atoms with Crippen LogP contribution in [0.1, 0.15) is 36.9 Å². The Kier molecular flexibility index (Phi) is 9.27. The maximum absolute atomic E-state index is 11.8. The highest BCUT2D eigenvalue weighted by molar-refractivity contribution is 5.78. The molecule has 3 N–H and O–H groups in total. The molecule has 6 nitrogen and oxygen atoms in total. The van der Waals surface area contributed by atoms with E-state index in [4.69, 9.17) is 15.2 Å². The van der Waals surface area contributed by atoms with Crippen LogP contribution < -0.4 is 25.1 Å². The van der Waals surface area contributed by atoms with Crippen LogP contribution in [-0.4, -0.2) is 33.2 Å². The van der Waals surface area contributed by atoms with Crippen molar-refractivity contribution in [3.05, 3.63) is 65.9 Å². The van der Waals surface area contributed by atoms with Crippen LogP contribution >= 0.6 is 0 Å². The number of ether oxygens (including phenoxy) is 2. The summed E-state index contributed by atoms with van der Waals surface area (Å²) in [5.74, 6) is 1.61. The van der Waals surface area contributed by atoms with Crippen LogP contribution in [0, 0.1) is 0 Å². The molecular formula is C27H34N3O3+. The smallest absolute Gasteiger partial charge is 0.220 e. The molecule has 0 aliphatic rings. The van der Waals surface area contributed by atoms with Crippen molar-refractivity contribution in [1.29, 1.82) is 0 Å². The molecule has 1 heterocycles. The van der Waals surface area contributed by atoms with Gasteiger partial charge in [-0.25, -0.2) is 0 Å². The number of methoxy groups -OCH3 is 2. The molecular weight excluding hydrogens is 414 g/mol. The van der Waals surface area contributed by atoms with Gasteiger partial charge < -0.3 is 20.5 Å². The normalized spacial score (nSPS) is 11.1. The maximum Gasteiger partial charge on any atom is 0.220 e. The van der Waals surface area contributed by atoms with Gasteiger partial charge in [0.2, 0.25) is 17.1 Å². The monoisotopic (exact) mass is 448 g/mol. The summed E-state index contributed by atoms with van der Waals surface area (Å²) in [6.07, 6.45) is 7.59. The summed E-state index contributed by atoms with van der Waals surface area (Å²) >= 11 is 0. The van der Waals surface area contributed by atoms with E-state index in [9.17, 15) is 4.79 Å². The van der Waals surface area contributed by atoms with Crippen molar-refractivity contribution in [2.24, 2.45) is 5.73 Å². The van der Waals surface area contributed by atoms with E-state index in [2.05, 4.69) is 58.4 Å². The third-order valence-corrected chi connectivity index (χ3v) is 5.60. The number of nitrogens with one attached hydrogen (secondary N) is 1. The van der Waals surface area contributed by atoms with Crippen molar-refractivity contribution < 1.29 is 18.8 Å². The van der Waals surface area contributed by atoms with Crippen LogP contribution in [0.4, 0.5) is 0 Å². The van der Waals surface area contributed by atoms with E-state index >= 15 is 0 Å². The van der Waals surface area contributed by atoms with Gasteiger partial charge in [0.05, 0.1) is 14.2 Å². The fourth-order valence-electron chi connectivity index (χ4n) is 3.84. The Morgan fingerprint density at radius 2 is 1.85 bits per heavy atom. The number of rotatable bonds is 12. The summed E-state index contributed by atoms with van der Waals surface area (Å²) in [5, 5.41) is 4.03. The van der Waals surface area contributed by atoms with Crippen molar-refractivity contribution >= 4 is 29.0 Å². The van der Waals surface area contributed by atoms with E-state index < -0.39 is 0 Å². The highest BCUT2D eigenvalue weighted by Crippen LogP contribution is 2.26. The molecule has 0 saturated heterocycles. The summed E-state index contributed by atoms with van der Waals surface area (Å²) in [5.41, 5.74) is 8.73. The Morgan fingerprint density at radius 1 is 1.00 bits per heavy atom. The lowest BCUT2D eigenvalue weighted by Crippen LogP contribution is -2.38. The summed E-state index contributed by atoms with van der Waals surface area (Å²) in [6.45, 7) is 1.90. The van der Waals surface area contributed by atoms with E-state index in [1.54, 1.807) is 14.2 Å². The van der Waals surface area contributed by atoms with Crippen LogP contribution in [0.5, 0.6) is 11.5 Å². The van der Waals surface area contributed by atoms with E-state index in [1.807, 2.05) is 18.2 Å². The average molecular weight is 449 g/mol. The van der Waals surface area contributed by atoms with Crippen LogP contribution in [-0.2, 0) is 11.3 Å². The number of amides is 1. The number of nitrogens with zero attached hydrogens (tertiary/aromatic N) is 1. The molecule has 1 aromatic heterocycles. The number of unbranched alkanes of at least 4 members (excludes halogenated alkanes) is 2. The molecule has 0 spiro atoms. The molecule has 174 valence electrons. The van der Waals surface area contributed by atoms with Crippen LogP contribution in [0.25, 0.3) is 23.1 Å². The molecule has 0 aliphatic heterocycles. The van der Waals surface area contributed by atoms with Crippen molar-refractivity contribution in [3.63, 3.8) is 0 Å². The molecule has 0 atom stereocenters. The number of carbonyl (C=O) groups is 1. The number of aromatic nitrogens is 1. The third kappa shape index (κ3) is 6.80.